The first-order valence-electron chi connectivity index (χ1n) is 8.58. The maximum Gasteiger partial charge on any atom is 0.227 e. The molecule has 1 aromatic carbocycles. The second-order valence-electron chi connectivity index (χ2n) is 5.77. The van der Waals surface area contributed by atoms with Gasteiger partial charge in [0.25, 0.3) is 0 Å². The third-order valence-corrected chi connectivity index (χ3v) is 3.81. The summed E-state index contributed by atoms with van der Waals surface area (Å²) < 4.78 is 5.67. The van der Waals surface area contributed by atoms with Gasteiger partial charge in [-0.2, -0.15) is 0 Å². The second kappa shape index (κ2) is 8.09. The van der Waals surface area contributed by atoms with E-state index in [1.54, 1.807) is 36.8 Å². The number of carbonyl (C=O) groups is 1. The number of fused-ring (bicyclic) bond motifs is 2. The number of benzene rings is 1. The van der Waals surface area contributed by atoms with E-state index in [-0.39, 0.29) is 12.3 Å². The number of amidine groups is 1. The van der Waals surface area contributed by atoms with Crippen LogP contribution in [0.4, 0.5) is 17.2 Å². The van der Waals surface area contributed by atoms with E-state index in [0.29, 0.717) is 34.5 Å². The van der Waals surface area contributed by atoms with E-state index in [2.05, 4.69) is 30.6 Å². The zero-order valence-corrected chi connectivity index (χ0v) is 14.7. The summed E-state index contributed by atoms with van der Waals surface area (Å²) in [5.74, 6) is 1.42. The molecule has 2 bridgehead atoms. The van der Waals surface area contributed by atoms with Crippen molar-refractivity contribution in [3.05, 3.63) is 66.7 Å². The Balaban J connectivity index is 1.79. The molecule has 138 valence electrons. The number of nitrogens with one attached hydrogen (secondary N) is 2. The number of nitrogens with zero attached hydrogens (tertiary/aromatic N) is 4. The molecule has 0 aliphatic carbocycles. The monoisotopic (exact) mass is 372 g/mol. The van der Waals surface area contributed by atoms with Crippen molar-refractivity contribution in [2.45, 2.75) is 6.42 Å². The molecule has 2 aliphatic rings. The molecule has 1 aromatic heterocycles. The van der Waals surface area contributed by atoms with Gasteiger partial charge < -0.3 is 15.4 Å². The molecular formula is C20H16N6O2. The minimum absolute atomic E-state index is 0.167. The van der Waals surface area contributed by atoms with Crippen molar-refractivity contribution in [3.8, 4) is 5.75 Å². The number of carbonyl (C=O) groups excluding carboxylic acids is 1. The molecule has 2 N–H and O–H groups in total. The van der Waals surface area contributed by atoms with Gasteiger partial charge in [-0.25, -0.2) is 20.0 Å². The Morgan fingerprint density at radius 2 is 1.93 bits per heavy atom. The molecular weight excluding hydrogens is 356 g/mol. The smallest absolute Gasteiger partial charge is 0.227 e. The van der Waals surface area contributed by atoms with Crippen molar-refractivity contribution in [3.63, 3.8) is 0 Å². The highest BCUT2D eigenvalue weighted by Gasteiger charge is 2.16. The molecule has 2 aliphatic heterocycles. The third kappa shape index (κ3) is 4.01. The van der Waals surface area contributed by atoms with Crippen LogP contribution in [0, 0.1) is 0 Å². The third-order valence-electron chi connectivity index (χ3n) is 3.81. The first kappa shape index (κ1) is 17.3. The Bertz CT molecular complexity index is 1050. The summed E-state index contributed by atoms with van der Waals surface area (Å²) in [5, 5.41) is 5.68. The predicted molar refractivity (Wildman–Crippen MR) is 108 cm³/mol. The number of hydrogen-bond donors (Lipinski definition) is 2. The lowest BCUT2D eigenvalue weighted by Crippen LogP contribution is -2.26. The average Bonchev–Trinajstić information content (AvgIpc) is 2.72. The molecule has 0 radical (unpaired) electrons. The lowest BCUT2D eigenvalue weighted by Gasteiger charge is -2.14. The second-order valence-corrected chi connectivity index (χ2v) is 5.77. The largest absolute Gasteiger partial charge is 0.463 e. The van der Waals surface area contributed by atoms with Crippen LogP contribution in [0.5, 0.6) is 5.75 Å². The Labute approximate surface area is 161 Å². The zero-order valence-electron chi connectivity index (χ0n) is 14.7. The van der Waals surface area contributed by atoms with Crippen LogP contribution in [0.25, 0.3) is 0 Å². The van der Waals surface area contributed by atoms with Crippen molar-refractivity contribution in [2.75, 3.05) is 0 Å². The van der Waals surface area contributed by atoms with E-state index in [4.69, 9.17) is 4.74 Å². The zero-order chi connectivity index (χ0) is 19.2. The lowest BCUT2D eigenvalue weighted by molar-refractivity contribution is -0.119. The summed E-state index contributed by atoms with van der Waals surface area (Å²) in [6, 6.07) is 10.9. The summed E-state index contributed by atoms with van der Waals surface area (Å²) in [4.78, 5) is 29.5. The van der Waals surface area contributed by atoms with E-state index in [1.807, 2.05) is 24.3 Å². The number of pyridine rings is 1. The maximum atomic E-state index is 11.8. The highest BCUT2D eigenvalue weighted by atomic mass is 16.5. The molecule has 0 unspecified atom stereocenters. The van der Waals surface area contributed by atoms with Crippen molar-refractivity contribution in [1.82, 2.24) is 15.6 Å². The quantitative estimate of drug-likeness (QED) is 0.742. The normalized spacial score (nSPS) is 20.9. The average molecular weight is 372 g/mol. The topological polar surface area (TPSA) is 100 Å². The summed E-state index contributed by atoms with van der Waals surface area (Å²) in [6.07, 6.45) is 9.55. The Hall–Kier alpha value is -4.07. The molecule has 0 saturated heterocycles. The Morgan fingerprint density at radius 1 is 1.00 bits per heavy atom. The summed E-state index contributed by atoms with van der Waals surface area (Å²) >= 11 is 0. The van der Waals surface area contributed by atoms with E-state index in [0.717, 1.165) is 0 Å². The van der Waals surface area contributed by atoms with Crippen molar-refractivity contribution in [1.29, 1.82) is 0 Å². The highest BCUT2D eigenvalue weighted by molar-refractivity contribution is 6.10. The standard InChI is InChI=1S/C20H16N6O2/c27-18-7-3-12-28-16-6-2-1-5-14(16)25-20-19-15(23-13-24-20)8-9-17(26-19)21-10-4-11-22-18/h1-6,8-13H,7H2,(H,22,27)(H,23,24,25)/b11-4-,12-3+,21-10+. The summed E-state index contributed by atoms with van der Waals surface area (Å²) in [5.41, 5.74) is 1.89. The SMILES string of the molecule is O=C1C/C=C/Oc2ccccc2/N=C2\NC=Nc3ccc(nc32)/N=C/C=C\N1. The number of aliphatic imine (C=N–C) groups is 3. The van der Waals surface area contributed by atoms with E-state index >= 15 is 0 Å². The summed E-state index contributed by atoms with van der Waals surface area (Å²) in [6.45, 7) is 0. The van der Waals surface area contributed by atoms with Crippen LogP contribution in [0.3, 0.4) is 0 Å². The minimum Gasteiger partial charge on any atom is -0.463 e. The van der Waals surface area contributed by atoms with Crippen LogP contribution in [0.2, 0.25) is 0 Å². The van der Waals surface area contributed by atoms with Gasteiger partial charge >= 0.3 is 0 Å². The molecule has 4 rings (SSSR count). The molecule has 0 fully saturated rings. The number of amides is 1. The number of hydrogen-bond acceptors (Lipinski definition) is 7. The van der Waals surface area contributed by atoms with Gasteiger partial charge in [0, 0.05) is 18.8 Å². The fourth-order valence-electron chi connectivity index (χ4n) is 2.52. The molecule has 8 nitrogen and oxygen atoms in total. The first-order chi connectivity index (χ1) is 13.8. The number of rotatable bonds is 0. The highest BCUT2D eigenvalue weighted by Crippen LogP contribution is 2.30. The van der Waals surface area contributed by atoms with Gasteiger partial charge in [-0.1, -0.05) is 12.1 Å². The van der Waals surface area contributed by atoms with Crippen LogP contribution in [0.15, 0.2) is 76.0 Å². The fraction of sp³-hybridized carbons (Fsp3) is 0.0500. The fourth-order valence-corrected chi connectivity index (χ4v) is 2.52. The van der Waals surface area contributed by atoms with Crippen LogP contribution in [0.1, 0.15) is 12.1 Å². The number of para-hydroxylation sites is 2. The Kier molecular flexibility index (Phi) is 5.01. The van der Waals surface area contributed by atoms with E-state index in [1.165, 1.54) is 12.5 Å². The van der Waals surface area contributed by atoms with Gasteiger partial charge in [0.1, 0.15) is 11.4 Å². The number of ether oxygens (including phenoxy) is 1. The maximum absolute atomic E-state index is 11.8. The van der Waals surface area contributed by atoms with Gasteiger partial charge in [0.15, 0.2) is 17.4 Å². The summed E-state index contributed by atoms with van der Waals surface area (Å²) in [7, 11) is 0. The molecule has 28 heavy (non-hydrogen) atoms. The van der Waals surface area contributed by atoms with Crippen molar-refractivity contribution < 1.29 is 9.53 Å². The van der Waals surface area contributed by atoms with Crippen LogP contribution >= 0.6 is 0 Å². The van der Waals surface area contributed by atoms with Gasteiger partial charge in [0.2, 0.25) is 5.91 Å². The van der Waals surface area contributed by atoms with Gasteiger partial charge in [-0.3, -0.25) is 4.79 Å². The first-order valence-corrected chi connectivity index (χ1v) is 8.58. The molecule has 0 atom stereocenters. The van der Waals surface area contributed by atoms with E-state index in [9.17, 15) is 4.79 Å². The van der Waals surface area contributed by atoms with Gasteiger partial charge in [-0.05, 0) is 36.4 Å². The Morgan fingerprint density at radius 3 is 2.89 bits per heavy atom. The molecule has 0 saturated carbocycles. The molecule has 0 spiro atoms. The van der Waals surface area contributed by atoms with Crippen LogP contribution in [-0.2, 0) is 4.79 Å². The van der Waals surface area contributed by atoms with Gasteiger partial charge in [0.05, 0.1) is 18.3 Å². The van der Waals surface area contributed by atoms with Crippen LogP contribution in [-0.4, -0.2) is 29.3 Å². The van der Waals surface area contributed by atoms with Crippen molar-refractivity contribution in [2.24, 2.45) is 15.0 Å². The molecule has 1 amide bonds. The number of allylic oxidation sites excluding steroid dienone is 1. The minimum atomic E-state index is -0.167. The number of aromatic nitrogens is 1. The lowest BCUT2D eigenvalue weighted by atomic mass is 10.2. The van der Waals surface area contributed by atoms with Gasteiger partial charge in [-0.15, -0.1) is 0 Å². The molecule has 8 heteroatoms. The van der Waals surface area contributed by atoms with E-state index < -0.39 is 0 Å². The van der Waals surface area contributed by atoms with Crippen molar-refractivity contribution >= 4 is 41.5 Å². The predicted octanol–water partition coefficient (Wildman–Crippen LogP) is 3.05. The molecule has 3 heterocycles. The van der Waals surface area contributed by atoms with Crippen LogP contribution < -0.4 is 15.4 Å². The molecule has 2 aromatic rings.